The van der Waals surface area contributed by atoms with E-state index in [1.807, 2.05) is 23.6 Å². The van der Waals surface area contributed by atoms with Crippen molar-refractivity contribution < 1.29 is 4.74 Å². The molecule has 5 rings (SSSR count). The minimum Gasteiger partial charge on any atom is -0.491 e. The summed E-state index contributed by atoms with van der Waals surface area (Å²) in [5.41, 5.74) is 4.88. The fourth-order valence-corrected chi connectivity index (χ4v) is 4.95. The van der Waals surface area contributed by atoms with Crippen LogP contribution in [0.1, 0.15) is 19.4 Å². The van der Waals surface area contributed by atoms with Gasteiger partial charge in [-0.2, -0.15) is 0 Å². The van der Waals surface area contributed by atoms with Crippen molar-refractivity contribution in [1.29, 1.82) is 0 Å². The first-order chi connectivity index (χ1) is 16.9. The van der Waals surface area contributed by atoms with Crippen molar-refractivity contribution in [2.75, 3.05) is 45.2 Å². The Morgan fingerprint density at radius 1 is 1.11 bits per heavy atom. The quantitative estimate of drug-likeness (QED) is 0.309. The van der Waals surface area contributed by atoms with E-state index in [9.17, 15) is 0 Å². The minimum absolute atomic E-state index is 0.431. The van der Waals surface area contributed by atoms with E-state index in [-0.39, 0.29) is 0 Å². The van der Waals surface area contributed by atoms with Crippen molar-refractivity contribution in [3.05, 3.63) is 52.4 Å². The van der Waals surface area contributed by atoms with E-state index in [2.05, 4.69) is 59.2 Å². The lowest BCUT2D eigenvalue weighted by atomic mass is 10.1. The summed E-state index contributed by atoms with van der Waals surface area (Å²) in [6.45, 7) is 10.3. The summed E-state index contributed by atoms with van der Waals surface area (Å²) in [4.78, 5) is 17.9. The molecule has 0 saturated carbocycles. The Balaban J connectivity index is 1.31. The third-order valence-electron chi connectivity index (χ3n) is 6.05. The van der Waals surface area contributed by atoms with Gasteiger partial charge in [-0.1, -0.05) is 31.5 Å². The van der Waals surface area contributed by atoms with Gasteiger partial charge < -0.3 is 19.9 Å². The number of H-pyrrole nitrogens is 1. The molecule has 0 aliphatic carbocycles. The average molecular weight is 511 g/mol. The molecule has 0 radical (unpaired) electrons. The van der Waals surface area contributed by atoms with Gasteiger partial charge in [-0.05, 0) is 48.9 Å². The first kappa shape index (κ1) is 24.1. The molecule has 1 aliphatic rings. The fourth-order valence-electron chi connectivity index (χ4n) is 4.07. The number of rotatable bonds is 8. The highest BCUT2D eigenvalue weighted by Gasteiger charge is 2.16. The second-order valence-corrected chi connectivity index (χ2v) is 10.8. The van der Waals surface area contributed by atoms with Crippen LogP contribution in [0.3, 0.4) is 0 Å². The van der Waals surface area contributed by atoms with E-state index in [4.69, 9.17) is 26.3 Å². The SMILES string of the molecule is CC(C)COc1ccc(Cl)cc1Nc1nc(-c2nc3cc(CN4CCN(C)CC4)ccc3[nH]2)cs1. The molecule has 3 heterocycles. The van der Waals surface area contributed by atoms with Crippen LogP contribution in [-0.2, 0) is 6.54 Å². The maximum atomic E-state index is 6.24. The molecule has 9 heteroatoms. The maximum absolute atomic E-state index is 6.24. The van der Waals surface area contributed by atoms with Gasteiger partial charge in [0.2, 0.25) is 0 Å². The Morgan fingerprint density at radius 3 is 2.74 bits per heavy atom. The minimum atomic E-state index is 0.431. The van der Waals surface area contributed by atoms with Crippen LogP contribution in [0.4, 0.5) is 10.8 Å². The topological polar surface area (TPSA) is 69.3 Å². The number of halogens is 1. The van der Waals surface area contributed by atoms with Gasteiger partial charge in [0.1, 0.15) is 11.4 Å². The lowest BCUT2D eigenvalue weighted by Crippen LogP contribution is -2.43. The molecular formula is C26H31ClN6OS. The normalized spacial score (nSPS) is 15.2. The Hall–Kier alpha value is -2.65. The van der Waals surface area contributed by atoms with Crippen LogP contribution in [-0.4, -0.2) is 64.6 Å². The molecule has 1 saturated heterocycles. The van der Waals surface area contributed by atoms with Crippen molar-refractivity contribution in [3.63, 3.8) is 0 Å². The molecule has 35 heavy (non-hydrogen) atoms. The van der Waals surface area contributed by atoms with Crippen LogP contribution in [0.15, 0.2) is 41.8 Å². The Morgan fingerprint density at radius 2 is 1.94 bits per heavy atom. The van der Waals surface area contributed by atoms with Crippen LogP contribution >= 0.6 is 22.9 Å². The van der Waals surface area contributed by atoms with Gasteiger partial charge in [0, 0.05) is 43.1 Å². The number of piperazine rings is 1. The van der Waals surface area contributed by atoms with Crippen molar-refractivity contribution in [1.82, 2.24) is 24.8 Å². The molecule has 7 nitrogen and oxygen atoms in total. The first-order valence-electron chi connectivity index (χ1n) is 12.0. The van der Waals surface area contributed by atoms with Gasteiger partial charge in [-0.3, -0.25) is 4.90 Å². The van der Waals surface area contributed by atoms with Crippen LogP contribution in [0.2, 0.25) is 5.02 Å². The zero-order valence-corrected chi connectivity index (χ0v) is 21.9. The highest BCUT2D eigenvalue weighted by atomic mass is 35.5. The highest BCUT2D eigenvalue weighted by Crippen LogP contribution is 2.33. The summed E-state index contributed by atoms with van der Waals surface area (Å²) in [5, 5.41) is 6.77. The molecule has 4 aromatic rings. The number of thiazole rings is 1. The number of likely N-dealkylation sites (N-methyl/N-ethyl adjacent to an activating group) is 1. The van der Waals surface area contributed by atoms with Crippen LogP contribution in [0, 0.1) is 5.92 Å². The summed E-state index contributed by atoms with van der Waals surface area (Å²) < 4.78 is 5.96. The fraction of sp³-hybridized carbons (Fsp3) is 0.385. The first-order valence-corrected chi connectivity index (χ1v) is 13.2. The van der Waals surface area contributed by atoms with Crippen molar-refractivity contribution >= 4 is 44.8 Å². The van der Waals surface area contributed by atoms with E-state index >= 15 is 0 Å². The maximum Gasteiger partial charge on any atom is 0.187 e. The summed E-state index contributed by atoms with van der Waals surface area (Å²) in [6.07, 6.45) is 0. The second kappa shape index (κ2) is 10.5. The van der Waals surface area contributed by atoms with Crippen LogP contribution in [0.25, 0.3) is 22.6 Å². The second-order valence-electron chi connectivity index (χ2n) is 9.52. The van der Waals surface area contributed by atoms with Gasteiger partial charge in [0.25, 0.3) is 0 Å². The Kier molecular flexibility index (Phi) is 7.24. The summed E-state index contributed by atoms with van der Waals surface area (Å²) in [7, 11) is 2.18. The monoisotopic (exact) mass is 510 g/mol. The summed E-state index contributed by atoms with van der Waals surface area (Å²) >= 11 is 7.76. The van der Waals surface area contributed by atoms with E-state index in [0.29, 0.717) is 17.5 Å². The summed E-state index contributed by atoms with van der Waals surface area (Å²) in [5.74, 6) is 1.96. The molecule has 2 aromatic heterocycles. The molecular weight excluding hydrogens is 480 g/mol. The molecule has 0 spiro atoms. The van der Waals surface area contributed by atoms with E-state index in [1.165, 1.54) is 16.9 Å². The van der Waals surface area contributed by atoms with Crippen molar-refractivity contribution in [2.45, 2.75) is 20.4 Å². The smallest absolute Gasteiger partial charge is 0.187 e. The van der Waals surface area contributed by atoms with Crippen molar-refractivity contribution in [2.24, 2.45) is 5.92 Å². The number of fused-ring (bicyclic) bond motifs is 1. The predicted molar refractivity (Wildman–Crippen MR) is 145 cm³/mol. The number of imidazole rings is 1. The van der Waals surface area contributed by atoms with Gasteiger partial charge in [-0.25, -0.2) is 9.97 Å². The number of benzene rings is 2. The molecule has 0 amide bonds. The number of anilines is 2. The lowest BCUT2D eigenvalue weighted by Gasteiger charge is -2.32. The number of hydrogen-bond donors (Lipinski definition) is 2. The third-order valence-corrected chi connectivity index (χ3v) is 7.04. The highest BCUT2D eigenvalue weighted by molar-refractivity contribution is 7.14. The van der Waals surface area contributed by atoms with Gasteiger partial charge in [0.15, 0.2) is 11.0 Å². The van der Waals surface area contributed by atoms with Crippen LogP contribution < -0.4 is 10.1 Å². The van der Waals surface area contributed by atoms with E-state index in [0.717, 1.165) is 71.8 Å². The molecule has 2 aromatic carbocycles. The molecule has 0 unspecified atom stereocenters. The average Bonchev–Trinajstić information content (AvgIpc) is 3.46. The largest absolute Gasteiger partial charge is 0.491 e. The number of nitrogens with one attached hydrogen (secondary N) is 2. The number of ether oxygens (including phenoxy) is 1. The number of aromatic nitrogens is 3. The van der Waals surface area contributed by atoms with E-state index < -0.39 is 0 Å². The lowest BCUT2D eigenvalue weighted by molar-refractivity contribution is 0.148. The molecule has 0 atom stereocenters. The predicted octanol–water partition coefficient (Wildman–Crippen LogP) is 5.87. The molecule has 0 bridgehead atoms. The third kappa shape index (κ3) is 5.95. The number of hydrogen-bond acceptors (Lipinski definition) is 7. The Bertz CT molecular complexity index is 1290. The van der Waals surface area contributed by atoms with Gasteiger partial charge in [-0.15, -0.1) is 11.3 Å². The molecule has 1 aliphatic heterocycles. The van der Waals surface area contributed by atoms with Gasteiger partial charge in [0.05, 0.1) is 23.3 Å². The molecule has 2 N–H and O–H groups in total. The van der Waals surface area contributed by atoms with Gasteiger partial charge >= 0.3 is 0 Å². The van der Waals surface area contributed by atoms with Crippen molar-refractivity contribution in [3.8, 4) is 17.3 Å². The number of nitrogens with zero attached hydrogens (tertiary/aromatic N) is 4. The molecule has 1 fully saturated rings. The standard InChI is InChI=1S/C26H31ClN6OS/c1-17(2)15-34-24-7-5-19(27)13-22(24)30-26-31-23(16-35-26)25-28-20-6-4-18(12-21(20)29-25)14-33-10-8-32(3)9-11-33/h4-7,12-13,16-17H,8-11,14-15H2,1-3H3,(H,28,29)(H,30,31). The zero-order valence-electron chi connectivity index (χ0n) is 20.3. The Labute approximate surface area is 215 Å². The number of aromatic amines is 1. The van der Waals surface area contributed by atoms with E-state index in [1.54, 1.807) is 0 Å². The summed E-state index contributed by atoms with van der Waals surface area (Å²) in [6, 6.07) is 12.1. The zero-order chi connectivity index (χ0) is 24.4. The molecule has 184 valence electrons. The van der Waals surface area contributed by atoms with Crippen LogP contribution in [0.5, 0.6) is 5.75 Å².